The van der Waals surface area contributed by atoms with E-state index >= 15 is 0 Å². The van der Waals surface area contributed by atoms with Crippen molar-refractivity contribution in [1.29, 1.82) is 0 Å². The van der Waals surface area contributed by atoms with Crippen LogP contribution >= 0.6 is 39.1 Å². The van der Waals surface area contributed by atoms with E-state index in [1.165, 1.54) is 0 Å². The summed E-state index contributed by atoms with van der Waals surface area (Å²) >= 11 is 15.9. The minimum Gasteiger partial charge on any atom is -0.379 e. The van der Waals surface area contributed by atoms with Crippen molar-refractivity contribution >= 4 is 50.5 Å². The Morgan fingerprint density at radius 2 is 1.85 bits per heavy atom. The van der Waals surface area contributed by atoms with E-state index in [1.54, 1.807) is 0 Å². The fraction of sp³-hybridized carbons (Fsp3) is 0.200. The minimum atomic E-state index is 0.646. The molecule has 0 fully saturated rings. The number of anilines is 2. The first-order valence-electron chi connectivity index (χ1n) is 6.12. The van der Waals surface area contributed by atoms with Crippen molar-refractivity contribution in [1.82, 2.24) is 0 Å². The molecular weight excluding hydrogens is 359 g/mol. The Bertz CT molecular complexity index is 615. The molecule has 2 rings (SSSR count). The Balaban J connectivity index is 2.21. The second-order valence-electron chi connectivity index (χ2n) is 4.62. The fourth-order valence-corrected chi connectivity index (χ4v) is 3.05. The highest BCUT2D eigenvalue weighted by Crippen LogP contribution is 2.33. The van der Waals surface area contributed by atoms with Crippen LogP contribution in [0, 0.1) is 0 Å². The monoisotopic (exact) mass is 372 g/mol. The van der Waals surface area contributed by atoms with Crippen LogP contribution in [-0.4, -0.2) is 14.1 Å². The standard InChI is InChI=1S/C15H15BrCl2N2/c1-20(2)15-12(17)4-3-5-14(15)19-9-10-6-7-11(16)8-13(10)18/h3-8,19H,9H2,1-2H3. The normalized spacial score (nSPS) is 10.4. The first-order chi connectivity index (χ1) is 9.49. The molecule has 0 saturated heterocycles. The molecule has 0 spiro atoms. The first kappa shape index (κ1) is 15.5. The van der Waals surface area contributed by atoms with Crippen molar-refractivity contribution in [2.75, 3.05) is 24.3 Å². The molecule has 0 aromatic heterocycles. The van der Waals surface area contributed by atoms with Crippen molar-refractivity contribution < 1.29 is 0 Å². The van der Waals surface area contributed by atoms with Gasteiger partial charge >= 0.3 is 0 Å². The van der Waals surface area contributed by atoms with Gasteiger partial charge < -0.3 is 10.2 Å². The van der Waals surface area contributed by atoms with Crippen molar-refractivity contribution in [3.05, 3.63) is 56.5 Å². The number of nitrogens with one attached hydrogen (secondary N) is 1. The van der Waals surface area contributed by atoms with Gasteiger partial charge in [0.25, 0.3) is 0 Å². The Kier molecular flexibility index (Phi) is 5.19. The fourth-order valence-electron chi connectivity index (χ4n) is 1.97. The average Bonchev–Trinajstić information content (AvgIpc) is 2.37. The summed E-state index contributed by atoms with van der Waals surface area (Å²) in [5.74, 6) is 0. The lowest BCUT2D eigenvalue weighted by atomic mass is 10.2. The van der Waals surface area contributed by atoms with Crippen LogP contribution < -0.4 is 10.2 Å². The van der Waals surface area contributed by atoms with Crippen molar-refractivity contribution in [3.8, 4) is 0 Å². The number of hydrogen-bond acceptors (Lipinski definition) is 2. The van der Waals surface area contributed by atoms with Gasteiger partial charge in [0.2, 0.25) is 0 Å². The smallest absolute Gasteiger partial charge is 0.0786 e. The molecule has 0 bridgehead atoms. The molecule has 2 aromatic rings. The summed E-state index contributed by atoms with van der Waals surface area (Å²) in [7, 11) is 3.94. The molecule has 1 N–H and O–H groups in total. The van der Waals surface area contributed by atoms with E-state index < -0.39 is 0 Å². The third-order valence-corrected chi connectivity index (χ3v) is 4.07. The summed E-state index contributed by atoms with van der Waals surface area (Å²) in [6, 6.07) is 11.7. The van der Waals surface area contributed by atoms with E-state index in [1.807, 2.05) is 55.4 Å². The maximum absolute atomic E-state index is 6.24. The lowest BCUT2D eigenvalue weighted by Crippen LogP contribution is -2.12. The van der Waals surface area contributed by atoms with E-state index in [2.05, 4.69) is 21.2 Å². The van der Waals surface area contributed by atoms with Crippen LogP contribution in [-0.2, 0) is 6.54 Å². The minimum absolute atomic E-state index is 0.646. The highest BCUT2D eigenvalue weighted by molar-refractivity contribution is 9.10. The summed E-state index contributed by atoms with van der Waals surface area (Å²) in [6.45, 7) is 0.646. The van der Waals surface area contributed by atoms with E-state index in [0.29, 0.717) is 6.54 Å². The van der Waals surface area contributed by atoms with Crippen LogP contribution in [0.15, 0.2) is 40.9 Å². The second kappa shape index (κ2) is 6.70. The molecular formula is C15H15BrCl2N2. The van der Waals surface area contributed by atoms with Crippen LogP contribution in [0.25, 0.3) is 0 Å². The highest BCUT2D eigenvalue weighted by atomic mass is 79.9. The lowest BCUT2D eigenvalue weighted by Gasteiger charge is -2.20. The molecule has 20 heavy (non-hydrogen) atoms. The van der Waals surface area contributed by atoms with Crippen LogP contribution in [0.3, 0.4) is 0 Å². The van der Waals surface area contributed by atoms with E-state index in [0.717, 1.165) is 31.5 Å². The van der Waals surface area contributed by atoms with Crippen molar-refractivity contribution in [3.63, 3.8) is 0 Å². The molecule has 106 valence electrons. The van der Waals surface area contributed by atoms with Gasteiger partial charge in [-0.2, -0.15) is 0 Å². The third kappa shape index (κ3) is 3.60. The van der Waals surface area contributed by atoms with Gasteiger partial charge in [0.1, 0.15) is 0 Å². The molecule has 0 aliphatic carbocycles. The highest BCUT2D eigenvalue weighted by Gasteiger charge is 2.09. The number of para-hydroxylation sites is 1. The molecule has 0 aliphatic rings. The topological polar surface area (TPSA) is 15.3 Å². The number of nitrogens with zero attached hydrogens (tertiary/aromatic N) is 1. The van der Waals surface area contributed by atoms with Crippen LogP contribution in [0.1, 0.15) is 5.56 Å². The van der Waals surface area contributed by atoms with Gasteiger partial charge in [-0.1, -0.05) is 51.3 Å². The molecule has 0 saturated carbocycles. The predicted molar refractivity (Wildman–Crippen MR) is 92.3 cm³/mol. The van der Waals surface area contributed by atoms with E-state index in [9.17, 15) is 0 Å². The molecule has 0 radical (unpaired) electrons. The lowest BCUT2D eigenvalue weighted by molar-refractivity contribution is 1.10. The maximum atomic E-state index is 6.24. The predicted octanol–water partition coefficient (Wildman–Crippen LogP) is 5.43. The SMILES string of the molecule is CN(C)c1c(Cl)cccc1NCc1ccc(Br)cc1Cl. The van der Waals surface area contributed by atoms with Gasteiger partial charge in [0, 0.05) is 30.1 Å². The van der Waals surface area contributed by atoms with E-state index in [-0.39, 0.29) is 0 Å². The number of rotatable bonds is 4. The number of hydrogen-bond donors (Lipinski definition) is 1. The zero-order chi connectivity index (χ0) is 14.7. The molecule has 0 aliphatic heterocycles. The zero-order valence-corrected chi connectivity index (χ0v) is 14.4. The van der Waals surface area contributed by atoms with Crippen molar-refractivity contribution in [2.24, 2.45) is 0 Å². The van der Waals surface area contributed by atoms with Gasteiger partial charge in [-0.05, 0) is 29.8 Å². The van der Waals surface area contributed by atoms with Gasteiger partial charge in [0.05, 0.1) is 16.4 Å². The van der Waals surface area contributed by atoms with Gasteiger partial charge in [0.15, 0.2) is 0 Å². The summed E-state index contributed by atoms with van der Waals surface area (Å²) < 4.78 is 0.975. The van der Waals surface area contributed by atoms with Crippen LogP contribution in [0.2, 0.25) is 10.0 Å². The summed E-state index contributed by atoms with van der Waals surface area (Å²) in [5.41, 5.74) is 3.00. The van der Waals surface area contributed by atoms with E-state index in [4.69, 9.17) is 23.2 Å². The molecule has 2 aromatic carbocycles. The molecule has 0 atom stereocenters. The average molecular weight is 374 g/mol. The third-order valence-electron chi connectivity index (χ3n) is 2.92. The quantitative estimate of drug-likeness (QED) is 0.768. The second-order valence-corrected chi connectivity index (χ2v) is 6.35. The summed E-state index contributed by atoms with van der Waals surface area (Å²) in [4.78, 5) is 1.99. The number of benzene rings is 2. The molecule has 2 nitrogen and oxygen atoms in total. The van der Waals surface area contributed by atoms with Crippen LogP contribution in [0.5, 0.6) is 0 Å². The summed E-state index contributed by atoms with van der Waals surface area (Å²) in [6.07, 6.45) is 0. The molecule has 5 heteroatoms. The van der Waals surface area contributed by atoms with Crippen LogP contribution in [0.4, 0.5) is 11.4 Å². The number of halogens is 3. The van der Waals surface area contributed by atoms with Gasteiger partial charge in [-0.15, -0.1) is 0 Å². The first-order valence-corrected chi connectivity index (χ1v) is 7.67. The van der Waals surface area contributed by atoms with Gasteiger partial charge in [-0.25, -0.2) is 0 Å². The Morgan fingerprint density at radius 3 is 2.50 bits per heavy atom. The summed E-state index contributed by atoms with van der Waals surface area (Å²) in [5, 5.41) is 4.85. The molecule has 0 heterocycles. The van der Waals surface area contributed by atoms with Gasteiger partial charge in [-0.3, -0.25) is 0 Å². The Labute approximate surface area is 137 Å². The Hall–Kier alpha value is -0.900. The zero-order valence-electron chi connectivity index (χ0n) is 11.3. The molecule has 0 unspecified atom stereocenters. The largest absolute Gasteiger partial charge is 0.379 e. The molecule has 0 amide bonds. The van der Waals surface area contributed by atoms with Crippen molar-refractivity contribution in [2.45, 2.75) is 6.54 Å². The Morgan fingerprint density at radius 1 is 1.10 bits per heavy atom. The maximum Gasteiger partial charge on any atom is 0.0786 e.